The van der Waals surface area contributed by atoms with E-state index >= 15 is 0 Å². The summed E-state index contributed by atoms with van der Waals surface area (Å²) < 4.78 is 0. The van der Waals surface area contributed by atoms with Gasteiger partial charge in [-0.15, -0.1) is 0 Å². The number of nitrogens with two attached hydrogens (primary N) is 1. The molecule has 0 heterocycles. The lowest BCUT2D eigenvalue weighted by molar-refractivity contribution is -0.138. The summed E-state index contributed by atoms with van der Waals surface area (Å²) in [6, 6.07) is -0.856. The summed E-state index contributed by atoms with van der Waals surface area (Å²) in [6.45, 7) is 3.55. The van der Waals surface area contributed by atoms with Gasteiger partial charge < -0.3 is 15.9 Å². The predicted octanol–water partition coefficient (Wildman–Crippen LogP) is 0.672. The van der Waals surface area contributed by atoms with E-state index in [-0.39, 0.29) is 5.92 Å². The van der Waals surface area contributed by atoms with Gasteiger partial charge in [-0.2, -0.15) is 0 Å². The van der Waals surface area contributed by atoms with Gasteiger partial charge in [0.1, 0.15) is 6.04 Å². The molecule has 4 heteroatoms. The lowest BCUT2D eigenvalue weighted by Gasteiger charge is -2.26. The van der Waals surface area contributed by atoms with Crippen LogP contribution in [-0.2, 0) is 4.79 Å². The molecule has 84 valence electrons. The van der Waals surface area contributed by atoms with Crippen LogP contribution in [0, 0.1) is 5.92 Å². The smallest absolute Gasteiger partial charge is 0.320 e. The van der Waals surface area contributed by atoms with Crippen molar-refractivity contribution in [3.05, 3.63) is 23.8 Å². The summed E-state index contributed by atoms with van der Waals surface area (Å²) in [5, 5.41) is 18.4. The number of hydrogen-bond acceptors (Lipinski definition) is 3. The van der Waals surface area contributed by atoms with Crippen LogP contribution in [0.5, 0.6) is 0 Å². The lowest BCUT2D eigenvalue weighted by atomic mass is 9.84. The molecular formula is C11H17NO3. The molecule has 0 fully saturated rings. The van der Waals surface area contributed by atoms with Crippen LogP contribution in [0.15, 0.2) is 23.8 Å². The van der Waals surface area contributed by atoms with Crippen molar-refractivity contribution in [3.8, 4) is 0 Å². The zero-order chi connectivity index (χ0) is 11.6. The second-order valence-electron chi connectivity index (χ2n) is 4.26. The third-order valence-corrected chi connectivity index (χ3v) is 2.60. The topological polar surface area (TPSA) is 83.5 Å². The third-order valence-electron chi connectivity index (χ3n) is 2.60. The molecule has 0 saturated heterocycles. The number of aliphatic carboxylic acids is 1. The van der Waals surface area contributed by atoms with Crippen LogP contribution in [0.2, 0.25) is 0 Å². The number of aliphatic hydroxyl groups is 1. The number of carboxylic acids is 1. The first-order valence-corrected chi connectivity index (χ1v) is 4.91. The van der Waals surface area contributed by atoms with Crippen molar-refractivity contribution in [3.63, 3.8) is 0 Å². The summed E-state index contributed by atoms with van der Waals surface area (Å²) in [5.41, 5.74) is 5.49. The fourth-order valence-electron chi connectivity index (χ4n) is 1.72. The number of rotatable bonds is 3. The van der Waals surface area contributed by atoms with Crippen LogP contribution < -0.4 is 5.73 Å². The molecule has 3 atom stereocenters. The molecule has 1 aliphatic rings. The first kappa shape index (κ1) is 11.9. The van der Waals surface area contributed by atoms with E-state index in [1.165, 1.54) is 0 Å². The van der Waals surface area contributed by atoms with Crippen LogP contribution >= 0.6 is 0 Å². The Hall–Kier alpha value is -1.13. The first-order valence-electron chi connectivity index (χ1n) is 4.91. The van der Waals surface area contributed by atoms with Crippen molar-refractivity contribution in [2.45, 2.75) is 31.9 Å². The van der Waals surface area contributed by atoms with Crippen LogP contribution in [0.1, 0.15) is 20.3 Å². The van der Waals surface area contributed by atoms with Crippen LogP contribution in [0.25, 0.3) is 0 Å². The largest absolute Gasteiger partial charge is 0.480 e. The van der Waals surface area contributed by atoms with E-state index in [9.17, 15) is 9.90 Å². The second kappa shape index (κ2) is 4.16. The van der Waals surface area contributed by atoms with Gasteiger partial charge in [-0.1, -0.05) is 23.8 Å². The molecule has 4 N–H and O–H groups in total. The first-order chi connectivity index (χ1) is 6.82. The molecule has 0 aromatic heterocycles. The zero-order valence-corrected chi connectivity index (χ0v) is 8.97. The average Bonchev–Trinajstić information content (AvgIpc) is 2.08. The van der Waals surface area contributed by atoms with Gasteiger partial charge in [0.25, 0.3) is 0 Å². The summed E-state index contributed by atoms with van der Waals surface area (Å²) in [4.78, 5) is 10.6. The summed E-state index contributed by atoms with van der Waals surface area (Å²) in [7, 11) is 0. The van der Waals surface area contributed by atoms with Crippen molar-refractivity contribution < 1.29 is 15.0 Å². The standard InChI is InChI=1S/C11H17NO3/c1-7-6-11(2,15)4-3-8(7)5-9(12)10(13)14/h3-4,6,8-9,15H,5,12H2,1-2H3,(H,13,14). The number of carbonyl (C=O) groups is 1. The van der Waals surface area contributed by atoms with Crippen molar-refractivity contribution in [2.24, 2.45) is 11.7 Å². The van der Waals surface area contributed by atoms with Gasteiger partial charge in [0, 0.05) is 0 Å². The van der Waals surface area contributed by atoms with Crippen molar-refractivity contribution in [2.75, 3.05) is 0 Å². The van der Waals surface area contributed by atoms with E-state index in [2.05, 4.69) is 0 Å². The van der Waals surface area contributed by atoms with E-state index < -0.39 is 17.6 Å². The third kappa shape index (κ3) is 3.18. The van der Waals surface area contributed by atoms with Crippen molar-refractivity contribution >= 4 is 5.97 Å². The Morgan fingerprint density at radius 1 is 1.73 bits per heavy atom. The number of carboxylic acid groups (broad SMARTS) is 1. The molecule has 1 aliphatic carbocycles. The molecule has 0 amide bonds. The molecular weight excluding hydrogens is 194 g/mol. The fraction of sp³-hybridized carbons (Fsp3) is 0.545. The molecule has 15 heavy (non-hydrogen) atoms. The molecule has 0 radical (unpaired) electrons. The minimum absolute atomic E-state index is 0.0105. The van der Waals surface area contributed by atoms with Gasteiger partial charge in [0.05, 0.1) is 5.60 Å². The van der Waals surface area contributed by atoms with E-state index in [0.717, 1.165) is 5.57 Å². The van der Waals surface area contributed by atoms with E-state index in [0.29, 0.717) is 6.42 Å². The van der Waals surface area contributed by atoms with Crippen molar-refractivity contribution in [1.82, 2.24) is 0 Å². The highest BCUT2D eigenvalue weighted by Gasteiger charge is 2.24. The lowest BCUT2D eigenvalue weighted by Crippen LogP contribution is -2.33. The molecule has 0 aliphatic heterocycles. The quantitative estimate of drug-likeness (QED) is 0.599. The Morgan fingerprint density at radius 2 is 2.33 bits per heavy atom. The van der Waals surface area contributed by atoms with E-state index in [1.807, 2.05) is 13.0 Å². The highest BCUT2D eigenvalue weighted by molar-refractivity contribution is 5.73. The molecule has 3 unspecified atom stereocenters. The Labute approximate surface area is 89.1 Å². The van der Waals surface area contributed by atoms with Gasteiger partial charge in [-0.3, -0.25) is 4.79 Å². The molecule has 4 nitrogen and oxygen atoms in total. The molecule has 0 saturated carbocycles. The Bertz CT molecular complexity index is 318. The molecule has 1 rings (SSSR count). The normalized spacial score (nSPS) is 32.3. The summed E-state index contributed by atoms with van der Waals surface area (Å²) in [5.74, 6) is -0.982. The predicted molar refractivity (Wildman–Crippen MR) is 57.2 cm³/mol. The molecule has 0 bridgehead atoms. The Balaban J connectivity index is 2.68. The van der Waals surface area contributed by atoms with Gasteiger partial charge in [0.15, 0.2) is 0 Å². The van der Waals surface area contributed by atoms with Crippen LogP contribution in [0.4, 0.5) is 0 Å². The second-order valence-corrected chi connectivity index (χ2v) is 4.26. The van der Waals surface area contributed by atoms with Crippen molar-refractivity contribution in [1.29, 1.82) is 0 Å². The molecule has 0 spiro atoms. The van der Waals surface area contributed by atoms with Crippen LogP contribution in [0.3, 0.4) is 0 Å². The molecule has 0 aromatic rings. The van der Waals surface area contributed by atoms with E-state index in [4.69, 9.17) is 10.8 Å². The average molecular weight is 211 g/mol. The summed E-state index contributed by atoms with van der Waals surface area (Å²) in [6.07, 6.45) is 5.58. The maximum Gasteiger partial charge on any atom is 0.320 e. The van der Waals surface area contributed by atoms with Gasteiger partial charge in [-0.05, 0) is 26.2 Å². The minimum Gasteiger partial charge on any atom is -0.480 e. The Kier molecular flexibility index (Phi) is 3.31. The van der Waals surface area contributed by atoms with E-state index in [1.54, 1.807) is 19.1 Å². The minimum atomic E-state index is -0.992. The Morgan fingerprint density at radius 3 is 2.80 bits per heavy atom. The SMILES string of the molecule is CC1=CC(C)(O)C=CC1CC(N)C(=O)O. The fourth-order valence-corrected chi connectivity index (χ4v) is 1.72. The zero-order valence-electron chi connectivity index (χ0n) is 8.97. The maximum absolute atomic E-state index is 10.6. The van der Waals surface area contributed by atoms with Gasteiger partial charge in [0.2, 0.25) is 0 Å². The monoisotopic (exact) mass is 211 g/mol. The molecule has 0 aromatic carbocycles. The van der Waals surface area contributed by atoms with Gasteiger partial charge in [-0.25, -0.2) is 0 Å². The highest BCUT2D eigenvalue weighted by Crippen LogP contribution is 2.27. The van der Waals surface area contributed by atoms with Gasteiger partial charge >= 0.3 is 5.97 Å². The van der Waals surface area contributed by atoms with Crippen LogP contribution in [-0.4, -0.2) is 27.8 Å². The summed E-state index contributed by atoms with van der Waals surface area (Å²) >= 11 is 0. The maximum atomic E-state index is 10.6. The number of allylic oxidation sites excluding steroid dienone is 2. The highest BCUT2D eigenvalue weighted by atomic mass is 16.4. The number of hydrogen-bond donors (Lipinski definition) is 3.